The molecular weight excluding hydrogens is 487 g/mol. The highest BCUT2D eigenvalue weighted by Gasteiger charge is 2.19. The van der Waals surface area contributed by atoms with Gasteiger partial charge in [-0.1, -0.05) is 30.3 Å². The first-order chi connectivity index (χ1) is 18.6. The SMILES string of the molecule is COCCOc1nc(N)c2nc(OC)n(Cc3ccc(-c4cc(CF)cc(CN5CCCC5)c4)cc3)c2n1. The van der Waals surface area contributed by atoms with Gasteiger partial charge in [0.2, 0.25) is 0 Å². The van der Waals surface area contributed by atoms with Gasteiger partial charge >= 0.3 is 6.01 Å². The number of nitrogen functional groups attached to an aromatic ring is 1. The molecule has 2 aromatic heterocycles. The fourth-order valence-electron chi connectivity index (χ4n) is 4.84. The molecule has 4 aromatic rings. The van der Waals surface area contributed by atoms with Crippen molar-refractivity contribution in [3.8, 4) is 23.1 Å². The molecule has 200 valence electrons. The Kier molecular flexibility index (Phi) is 8.00. The summed E-state index contributed by atoms with van der Waals surface area (Å²) < 4.78 is 31.6. The van der Waals surface area contributed by atoms with Crippen molar-refractivity contribution in [3.05, 3.63) is 59.2 Å². The molecule has 1 saturated heterocycles. The first kappa shape index (κ1) is 25.9. The molecule has 0 saturated carbocycles. The minimum Gasteiger partial charge on any atom is -0.468 e. The lowest BCUT2D eigenvalue weighted by molar-refractivity contribution is 0.141. The third-order valence-electron chi connectivity index (χ3n) is 6.71. The van der Waals surface area contributed by atoms with E-state index < -0.39 is 6.67 Å². The largest absolute Gasteiger partial charge is 0.468 e. The first-order valence-corrected chi connectivity index (χ1v) is 12.8. The Labute approximate surface area is 221 Å². The van der Waals surface area contributed by atoms with Gasteiger partial charge < -0.3 is 19.9 Å². The molecule has 38 heavy (non-hydrogen) atoms. The van der Waals surface area contributed by atoms with Crippen molar-refractivity contribution in [2.24, 2.45) is 0 Å². The number of imidazole rings is 1. The Balaban J connectivity index is 1.40. The van der Waals surface area contributed by atoms with Gasteiger partial charge in [0, 0.05) is 13.7 Å². The third-order valence-corrected chi connectivity index (χ3v) is 6.71. The minimum atomic E-state index is -0.478. The number of anilines is 1. The highest BCUT2D eigenvalue weighted by atomic mass is 19.1. The van der Waals surface area contributed by atoms with Gasteiger partial charge in [0.25, 0.3) is 6.01 Å². The topological polar surface area (TPSA) is 101 Å². The van der Waals surface area contributed by atoms with Gasteiger partial charge in [-0.15, -0.1) is 0 Å². The third kappa shape index (κ3) is 5.71. The van der Waals surface area contributed by atoms with Gasteiger partial charge in [0.05, 0.1) is 20.3 Å². The summed E-state index contributed by atoms with van der Waals surface area (Å²) in [4.78, 5) is 15.6. The molecule has 0 amide bonds. The van der Waals surface area contributed by atoms with E-state index in [4.69, 9.17) is 19.9 Å². The number of likely N-dealkylation sites (tertiary alicyclic amines) is 1. The van der Waals surface area contributed by atoms with Crippen molar-refractivity contribution in [1.29, 1.82) is 0 Å². The molecule has 0 atom stereocenters. The average molecular weight is 521 g/mol. The number of ether oxygens (including phenoxy) is 3. The van der Waals surface area contributed by atoms with Gasteiger partial charge in [0.1, 0.15) is 13.3 Å². The van der Waals surface area contributed by atoms with Gasteiger partial charge in [-0.2, -0.15) is 15.0 Å². The van der Waals surface area contributed by atoms with Crippen LogP contribution in [0.1, 0.15) is 29.5 Å². The van der Waals surface area contributed by atoms with Crippen LogP contribution in [0.25, 0.3) is 22.3 Å². The molecule has 2 N–H and O–H groups in total. The second-order valence-corrected chi connectivity index (χ2v) is 9.44. The molecule has 0 aliphatic carbocycles. The number of methoxy groups -OCH3 is 2. The summed E-state index contributed by atoms with van der Waals surface area (Å²) >= 11 is 0. The van der Waals surface area contributed by atoms with E-state index in [9.17, 15) is 4.39 Å². The van der Waals surface area contributed by atoms with Crippen LogP contribution in [0.2, 0.25) is 0 Å². The number of fused-ring (bicyclic) bond motifs is 1. The molecule has 0 spiro atoms. The summed E-state index contributed by atoms with van der Waals surface area (Å²) in [7, 11) is 3.15. The normalized spacial score (nSPS) is 13.9. The molecule has 0 bridgehead atoms. The summed E-state index contributed by atoms with van der Waals surface area (Å²) in [5.74, 6) is 0.215. The molecule has 0 radical (unpaired) electrons. The summed E-state index contributed by atoms with van der Waals surface area (Å²) in [5, 5.41) is 0. The number of nitrogens with two attached hydrogens (primary N) is 1. The quantitative estimate of drug-likeness (QED) is 0.294. The van der Waals surface area contributed by atoms with Crippen molar-refractivity contribution in [3.63, 3.8) is 0 Å². The van der Waals surface area contributed by atoms with Gasteiger partial charge in [0.15, 0.2) is 17.0 Å². The van der Waals surface area contributed by atoms with Gasteiger partial charge in [-0.25, -0.2) is 4.39 Å². The van der Waals surface area contributed by atoms with Crippen LogP contribution in [0.5, 0.6) is 12.0 Å². The Morgan fingerprint density at radius 1 is 0.868 bits per heavy atom. The zero-order valence-corrected chi connectivity index (χ0v) is 21.8. The fraction of sp³-hybridized carbons (Fsp3) is 0.393. The molecule has 10 heteroatoms. The molecule has 1 aliphatic rings. The second-order valence-electron chi connectivity index (χ2n) is 9.44. The highest BCUT2D eigenvalue weighted by molar-refractivity contribution is 5.83. The highest BCUT2D eigenvalue weighted by Crippen LogP contribution is 2.28. The van der Waals surface area contributed by atoms with Crippen LogP contribution in [0, 0.1) is 0 Å². The van der Waals surface area contributed by atoms with Crippen molar-refractivity contribution in [2.45, 2.75) is 32.6 Å². The number of hydrogen-bond acceptors (Lipinski definition) is 8. The monoisotopic (exact) mass is 520 g/mol. The number of rotatable bonds is 11. The zero-order valence-electron chi connectivity index (χ0n) is 21.8. The van der Waals surface area contributed by atoms with E-state index >= 15 is 0 Å². The molecule has 1 aliphatic heterocycles. The van der Waals surface area contributed by atoms with Crippen LogP contribution in [-0.4, -0.2) is 64.9 Å². The van der Waals surface area contributed by atoms with Crippen LogP contribution < -0.4 is 15.2 Å². The Bertz CT molecular complexity index is 1390. The predicted molar refractivity (Wildman–Crippen MR) is 144 cm³/mol. The van der Waals surface area contributed by atoms with Crippen LogP contribution in [0.4, 0.5) is 10.2 Å². The van der Waals surface area contributed by atoms with Crippen LogP contribution >= 0.6 is 0 Å². The Hall–Kier alpha value is -3.76. The lowest BCUT2D eigenvalue weighted by atomic mass is 9.99. The maximum atomic E-state index is 13.7. The van der Waals surface area contributed by atoms with E-state index in [1.54, 1.807) is 14.2 Å². The number of benzene rings is 2. The smallest absolute Gasteiger partial charge is 0.320 e. The standard InChI is InChI=1S/C28H33FN6O3/c1-36-11-12-38-27-32-25(30)24-26(33-27)35(28(31-24)37-2)18-19-5-7-22(8-6-19)23-14-20(16-29)13-21(15-23)17-34-9-3-4-10-34/h5-8,13-15H,3-4,9-12,16-18H2,1-2H3,(H2,30,32,33). The van der Waals surface area contributed by atoms with Gasteiger partial charge in [-0.05, 0) is 65.9 Å². The van der Waals surface area contributed by atoms with Crippen molar-refractivity contribution in [1.82, 2.24) is 24.4 Å². The molecule has 3 heterocycles. The number of aromatic nitrogens is 4. The van der Waals surface area contributed by atoms with E-state index in [-0.39, 0.29) is 11.8 Å². The Morgan fingerprint density at radius 3 is 2.34 bits per heavy atom. The van der Waals surface area contributed by atoms with Crippen LogP contribution in [0.3, 0.4) is 0 Å². The number of hydrogen-bond donors (Lipinski definition) is 1. The van der Waals surface area contributed by atoms with Crippen molar-refractivity contribution in [2.75, 3.05) is 46.3 Å². The minimum absolute atomic E-state index is 0.156. The van der Waals surface area contributed by atoms with Crippen molar-refractivity contribution >= 4 is 17.0 Å². The molecule has 2 aromatic carbocycles. The second kappa shape index (κ2) is 11.7. The van der Waals surface area contributed by atoms with E-state index in [2.05, 4.69) is 38.1 Å². The average Bonchev–Trinajstić information content (AvgIpc) is 3.57. The first-order valence-electron chi connectivity index (χ1n) is 12.8. The van der Waals surface area contributed by atoms with E-state index in [0.717, 1.165) is 41.9 Å². The number of nitrogens with zero attached hydrogens (tertiary/aromatic N) is 5. The zero-order chi connectivity index (χ0) is 26.5. The van der Waals surface area contributed by atoms with E-state index in [1.807, 2.05) is 28.8 Å². The Morgan fingerprint density at radius 2 is 1.63 bits per heavy atom. The maximum Gasteiger partial charge on any atom is 0.320 e. The predicted octanol–water partition coefficient (Wildman–Crippen LogP) is 4.22. The number of alkyl halides is 1. The summed E-state index contributed by atoms with van der Waals surface area (Å²) in [6.45, 7) is 3.75. The fourth-order valence-corrected chi connectivity index (χ4v) is 4.84. The van der Waals surface area contributed by atoms with E-state index in [0.29, 0.717) is 42.5 Å². The van der Waals surface area contributed by atoms with Gasteiger partial charge in [-0.3, -0.25) is 9.47 Å². The molecule has 9 nitrogen and oxygen atoms in total. The summed E-state index contributed by atoms with van der Waals surface area (Å²) in [6, 6.07) is 14.8. The summed E-state index contributed by atoms with van der Waals surface area (Å²) in [6.07, 6.45) is 2.46. The van der Waals surface area contributed by atoms with E-state index in [1.165, 1.54) is 12.8 Å². The van der Waals surface area contributed by atoms with Crippen LogP contribution in [0.15, 0.2) is 42.5 Å². The molecule has 0 unspecified atom stereocenters. The molecule has 5 rings (SSSR count). The van der Waals surface area contributed by atoms with Crippen LogP contribution in [-0.2, 0) is 24.5 Å². The number of halogens is 1. The lowest BCUT2D eigenvalue weighted by Gasteiger charge is -2.16. The molecular formula is C28H33FN6O3. The molecule has 1 fully saturated rings. The lowest BCUT2D eigenvalue weighted by Crippen LogP contribution is -2.18. The van der Waals surface area contributed by atoms with Crippen molar-refractivity contribution < 1.29 is 18.6 Å². The summed E-state index contributed by atoms with van der Waals surface area (Å²) in [5.41, 5.74) is 12.0. The maximum absolute atomic E-state index is 13.7.